The van der Waals surface area contributed by atoms with Crippen molar-refractivity contribution in [2.75, 3.05) is 0 Å². The Labute approximate surface area is 422 Å². The van der Waals surface area contributed by atoms with Crippen molar-refractivity contribution in [1.29, 1.82) is 0 Å². The first-order chi connectivity index (χ1) is 30.0. The molecule has 1 aliphatic rings. The van der Waals surface area contributed by atoms with Crippen molar-refractivity contribution in [2.45, 2.75) is 78.6 Å². The molecule has 0 N–H and O–H groups in total. The zero-order valence-corrected chi connectivity index (χ0v) is 50.8. The first-order valence-electron chi connectivity index (χ1n) is 21.1. The molecule has 0 unspecified atom stereocenters. The molecular formula is C46H40O2S12Si4. The lowest BCUT2D eigenvalue weighted by atomic mass is 9.90. The second-order valence-electron chi connectivity index (χ2n) is 21.2. The number of ketones is 2. The van der Waals surface area contributed by atoms with E-state index in [2.05, 4.69) is 103 Å². The van der Waals surface area contributed by atoms with Gasteiger partial charge in [-0.1, -0.05) is 78.6 Å². The molecule has 2 nitrogen and oxygen atoms in total. The number of fused-ring (bicyclic) bond motifs is 22. The van der Waals surface area contributed by atoms with Crippen molar-refractivity contribution in [3.63, 3.8) is 0 Å². The molecule has 0 fully saturated rings. The molecule has 12 heterocycles. The van der Waals surface area contributed by atoms with E-state index in [0.29, 0.717) is 0 Å². The Bertz CT molecular complexity index is 3540. The zero-order valence-electron chi connectivity index (χ0n) is 37.0. The van der Waals surface area contributed by atoms with Gasteiger partial charge in [0, 0.05) is 65.3 Å². The summed E-state index contributed by atoms with van der Waals surface area (Å²) in [5.41, 5.74) is 4.05. The molecular weight excluding hydrogens is 1080 g/mol. The van der Waals surface area contributed by atoms with E-state index in [1.165, 1.54) is 93.2 Å². The number of carbonyl (C=O) groups is 2. The average Bonchev–Trinajstić information content (AvgIpc) is 4.00. The van der Waals surface area contributed by atoms with E-state index < -0.39 is 32.3 Å². The van der Waals surface area contributed by atoms with Crippen LogP contribution < -0.4 is 18.0 Å². The summed E-state index contributed by atoms with van der Waals surface area (Å²) in [4.78, 5) is 35.9. The molecule has 0 saturated carbocycles. The van der Waals surface area contributed by atoms with Gasteiger partial charge in [-0.15, -0.1) is 136 Å². The Morgan fingerprint density at radius 2 is 0.484 bits per heavy atom. The average molecular weight is 1120 g/mol. The van der Waals surface area contributed by atoms with Crippen LogP contribution in [0.4, 0.5) is 0 Å². The highest BCUT2D eigenvalue weighted by Crippen LogP contribution is 2.61. The summed E-state index contributed by atoms with van der Waals surface area (Å²) < 4.78 is 16.1. The first-order valence-corrected chi connectivity index (χ1v) is 44.9. The predicted molar refractivity (Wildman–Crippen MR) is 317 cm³/mol. The van der Waals surface area contributed by atoms with E-state index in [1.807, 2.05) is 90.7 Å². The van der Waals surface area contributed by atoms with E-state index in [1.54, 1.807) is 45.3 Å². The van der Waals surface area contributed by atoms with Gasteiger partial charge >= 0.3 is 0 Å². The fraction of sp³-hybridized carbons (Fsp3) is 0.261. The topological polar surface area (TPSA) is 34.1 Å². The molecule has 0 saturated heterocycles. The summed E-state index contributed by atoms with van der Waals surface area (Å²) in [5.74, 6) is 0.247. The van der Waals surface area contributed by atoms with E-state index in [9.17, 15) is 0 Å². The molecule has 0 bridgehead atoms. The van der Waals surface area contributed by atoms with Crippen LogP contribution in [0.2, 0.25) is 78.6 Å². The minimum Gasteiger partial charge on any atom is -0.287 e. The minimum absolute atomic E-state index is 0.124. The normalized spacial score (nSPS) is 14.6. The van der Waals surface area contributed by atoms with Crippen molar-refractivity contribution in [3.05, 3.63) is 43.8 Å². The third-order valence-electron chi connectivity index (χ3n) is 12.4. The second kappa shape index (κ2) is 13.7. The number of carbonyl (C=O) groups excluding carboxylic acids is 2. The van der Waals surface area contributed by atoms with Gasteiger partial charge < -0.3 is 0 Å². The molecule has 12 aromatic heterocycles. The Hall–Kier alpha value is -1.31. The summed E-state index contributed by atoms with van der Waals surface area (Å²) in [6.07, 6.45) is 0. The molecule has 0 aliphatic heterocycles. The van der Waals surface area contributed by atoms with Gasteiger partial charge in [0.05, 0.1) is 83.9 Å². The molecule has 1 aliphatic carbocycles. The van der Waals surface area contributed by atoms with Gasteiger partial charge in [0.2, 0.25) is 11.6 Å². The van der Waals surface area contributed by atoms with Crippen LogP contribution in [0.5, 0.6) is 0 Å². The lowest BCUT2D eigenvalue weighted by Gasteiger charge is -2.13. The highest BCUT2D eigenvalue weighted by Gasteiger charge is 2.40. The van der Waals surface area contributed by atoms with E-state index in [0.717, 1.165) is 41.8 Å². The largest absolute Gasteiger partial charge is 0.287 e. The SMILES string of the molecule is C[Si](C)(C)c1cc2c(s1)sc1sc3c(c12)-c1c(sc2sc4sc([Si](C)(C)C)cc4c12)C(=O)c1sc2sc4sc([Si](C)(C)C)cc4c2c1-c1c(sc2sc4sc([Si](C)(C)C)cc4c12)C3=O. The highest BCUT2D eigenvalue weighted by molar-refractivity contribution is 7.55. The van der Waals surface area contributed by atoms with E-state index >= 15 is 9.59 Å². The maximum atomic E-state index is 16.4. The lowest BCUT2D eigenvalue weighted by molar-refractivity contribution is 0.103. The monoisotopic (exact) mass is 1120 g/mol. The molecule has 64 heavy (non-hydrogen) atoms. The fourth-order valence-electron chi connectivity index (χ4n) is 9.02. The van der Waals surface area contributed by atoms with Crippen molar-refractivity contribution >= 4 is 273 Å². The number of hydrogen-bond acceptors (Lipinski definition) is 14. The molecule has 0 atom stereocenters. The van der Waals surface area contributed by atoms with Gasteiger partial charge in [-0.3, -0.25) is 9.59 Å². The van der Waals surface area contributed by atoms with Crippen LogP contribution in [0.15, 0.2) is 24.3 Å². The Kier molecular flexibility index (Phi) is 9.17. The van der Waals surface area contributed by atoms with E-state index in [-0.39, 0.29) is 11.6 Å². The van der Waals surface area contributed by atoms with Crippen LogP contribution in [0, 0.1) is 0 Å². The third-order valence-corrected chi connectivity index (χ3v) is 41.5. The van der Waals surface area contributed by atoms with Crippen LogP contribution in [-0.2, 0) is 0 Å². The van der Waals surface area contributed by atoms with E-state index in [4.69, 9.17) is 0 Å². The molecule has 0 radical (unpaired) electrons. The molecule has 324 valence electrons. The van der Waals surface area contributed by atoms with Crippen molar-refractivity contribution in [2.24, 2.45) is 0 Å². The van der Waals surface area contributed by atoms with Crippen LogP contribution in [0.25, 0.3) is 97.5 Å². The Morgan fingerprint density at radius 1 is 0.281 bits per heavy atom. The second-order valence-corrected chi connectivity index (χ2v) is 57.2. The summed E-state index contributed by atoms with van der Waals surface area (Å²) >= 11 is 22.0. The highest BCUT2D eigenvalue weighted by atomic mass is 32.2. The molecule has 0 spiro atoms. The van der Waals surface area contributed by atoms with Gasteiger partial charge in [-0.2, -0.15) is 0 Å². The third kappa shape index (κ3) is 5.95. The maximum Gasteiger partial charge on any atom is 0.214 e. The van der Waals surface area contributed by atoms with Gasteiger partial charge in [-0.25, -0.2) is 0 Å². The molecule has 12 aromatic rings. The Balaban J connectivity index is 1.22. The lowest BCUT2D eigenvalue weighted by Crippen LogP contribution is -2.34. The quantitative estimate of drug-likeness (QED) is 0.165. The standard InChI is InChI=1S/C46H40O2S12Si4/c1-61(2,3)21-13-17-25-29-30-26-18-14-22(62(4,5)6)50-40(18)58-44(26)54-36(30)34(48)38-32(28-20-16-24(64(10,11)12)52-42(20)60-46(28)56-38)31-27-19-15-23(63(7,8)9)51-41(19)59-45(27)55-37(31)33(47)35(29)53-43(25)57-39(17)49-21/h13-16H,1-12H3. The molecule has 13 rings (SSSR count). The van der Waals surface area contributed by atoms with Gasteiger partial charge in [0.15, 0.2) is 0 Å². The molecule has 0 aromatic carbocycles. The van der Waals surface area contributed by atoms with Gasteiger partial charge in [0.1, 0.15) is 0 Å². The van der Waals surface area contributed by atoms with Crippen molar-refractivity contribution < 1.29 is 9.59 Å². The summed E-state index contributed by atoms with van der Waals surface area (Å²) in [6.45, 7) is 29.2. The summed E-state index contributed by atoms with van der Waals surface area (Å²) in [6, 6.07) is 9.86. The van der Waals surface area contributed by atoms with Gasteiger partial charge in [-0.05, 0) is 42.3 Å². The Morgan fingerprint density at radius 3 is 0.672 bits per heavy atom. The maximum absolute atomic E-state index is 16.4. The number of hydrogen-bond donors (Lipinski definition) is 0. The number of thiophene rings is 12. The van der Waals surface area contributed by atoms with Crippen LogP contribution in [0.1, 0.15) is 29.1 Å². The smallest absolute Gasteiger partial charge is 0.214 e. The predicted octanol–water partition coefficient (Wildman–Crippen LogP) is 17.9. The number of rotatable bonds is 4. The van der Waals surface area contributed by atoms with Crippen LogP contribution in [-0.4, -0.2) is 43.9 Å². The first kappa shape index (κ1) is 42.8. The molecule has 0 amide bonds. The van der Waals surface area contributed by atoms with Crippen LogP contribution in [0.3, 0.4) is 0 Å². The van der Waals surface area contributed by atoms with Crippen molar-refractivity contribution in [3.8, 4) is 22.3 Å². The fourth-order valence-corrected chi connectivity index (χ4v) is 34.1. The summed E-state index contributed by atoms with van der Waals surface area (Å²) in [7, 11) is -6.50. The zero-order chi connectivity index (χ0) is 44.6. The van der Waals surface area contributed by atoms with Gasteiger partial charge in [0.25, 0.3) is 0 Å². The molecule has 18 heteroatoms. The summed E-state index contributed by atoms with van der Waals surface area (Å²) in [5, 5.41) is 9.83. The van der Waals surface area contributed by atoms with Crippen LogP contribution >= 0.6 is 136 Å². The van der Waals surface area contributed by atoms with Crippen molar-refractivity contribution in [1.82, 2.24) is 0 Å². The minimum atomic E-state index is -1.62.